The van der Waals surface area contributed by atoms with Crippen molar-refractivity contribution < 1.29 is 10.2 Å². The molecule has 42 heavy (non-hydrogen) atoms. The van der Waals surface area contributed by atoms with Gasteiger partial charge in [0.15, 0.2) is 0 Å². The maximum Gasteiger partial charge on any atom is 0.128 e. The van der Waals surface area contributed by atoms with Gasteiger partial charge in [0.05, 0.1) is 11.4 Å². The molecular weight excluding hydrogens is 520 g/mol. The van der Waals surface area contributed by atoms with Gasteiger partial charge in [0.25, 0.3) is 0 Å². The topological polar surface area (TPSA) is 71.7 Å². The lowest BCUT2D eigenvalue weighted by Gasteiger charge is -2.24. The summed E-state index contributed by atoms with van der Waals surface area (Å²) in [6, 6.07) is 19.5. The fourth-order valence-corrected chi connectivity index (χ4v) is 4.74. The highest BCUT2D eigenvalue weighted by atomic mass is 16.3. The van der Waals surface area contributed by atoms with Gasteiger partial charge >= 0.3 is 0 Å². The smallest absolute Gasteiger partial charge is 0.128 e. The Bertz CT molecular complexity index is 1140. The zero-order chi connectivity index (χ0) is 30.2. The first-order valence-corrected chi connectivity index (χ1v) is 15.8. The molecule has 0 aliphatic heterocycles. The molecule has 6 heteroatoms. The lowest BCUT2D eigenvalue weighted by molar-refractivity contribution is 0.449. The first-order valence-electron chi connectivity index (χ1n) is 15.8. The fourth-order valence-electron chi connectivity index (χ4n) is 4.74. The summed E-state index contributed by atoms with van der Waals surface area (Å²) in [5.74, 6) is -0.0575. The molecule has 0 saturated heterocycles. The molecule has 0 aliphatic carbocycles. The molecule has 3 rings (SSSR count). The van der Waals surface area contributed by atoms with Gasteiger partial charge in [0.1, 0.15) is 11.5 Å². The maximum atomic E-state index is 10.5. The third-order valence-corrected chi connectivity index (χ3v) is 7.44. The van der Waals surface area contributed by atoms with Crippen LogP contribution in [0.5, 0.6) is 11.5 Å². The first-order chi connectivity index (χ1) is 20.5. The standard InChI is InChI=1S/C36H50N4O2/c1-5-9-21-39(22-10-6-2)33-17-13-31(14-18-33)37-27-29-25-30(36(42)26-35(29)41)28-38-32-15-19-34(20-16-32)40(23-11-7-3)24-12-8-4/h13-20,25-28,41-42H,5-12,21-24H2,1-4H3. The van der Waals surface area contributed by atoms with Crippen LogP contribution >= 0.6 is 0 Å². The Morgan fingerprint density at radius 3 is 1.17 bits per heavy atom. The predicted molar refractivity (Wildman–Crippen MR) is 181 cm³/mol. The van der Waals surface area contributed by atoms with E-state index in [2.05, 4.69) is 71.7 Å². The van der Waals surface area contributed by atoms with Gasteiger partial charge in [-0.25, -0.2) is 0 Å². The summed E-state index contributed by atoms with van der Waals surface area (Å²) < 4.78 is 0. The number of phenolic OH excluding ortho intramolecular Hbond substituents is 2. The number of aliphatic imine (C=N–C) groups is 2. The number of rotatable bonds is 18. The van der Waals surface area contributed by atoms with E-state index in [1.54, 1.807) is 18.5 Å². The van der Waals surface area contributed by atoms with Gasteiger partial charge in [0.2, 0.25) is 0 Å². The van der Waals surface area contributed by atoms with Crippen molar-refractivity contribution in [2.75, 3.05) is 36.0 Å². The molecule has 0 spiro atoms. The summed E-state index contributed by atoms with van der Waals surface area (Å²) in [5.41, 5.74) is 5.07. The second-order valence-corrected chi connectivity index (χ2v) is 10.9. The van der Waals surface area contributed by atoms with Crippen LogP contribution in [0, 0.1) is 0 Å². The van der Waals surface area contributed by atoms with Crippen molar-refractivity contribution in [3.8, 4) is 11.5 Å². The molecule has 0 amide bonds. The molecule has 0 radical (unpaired) electrons. The molecule has 3 aromatic rings. The zero-order valence-corrected chi connectivity index (χ0v) is 26.1. The van der Waals surface area contributed by atoms with Crippen LogP contribution < -0.4 is 9.80 Å². The number of anilines is 2. The molecule has 226 valence electrons. The second kappa shape index (κ2) is 17.9. The molecule has 0 bridgehead atoms. The van der Waals surface area contributed by atoms with Gasteiger partial charge in [-0.2, -0.15) is 0 Å². The van der Waals surface area contributed by atoms with Crippen LogP contribution in [0.4, 0.5) is 22.7 Å². The van der Waals surface area contributed by atoms with Crippen molar-refractivity contribution in [3.63, 3.8) is 0 Å². The molecular formula is C36H50N4O2. The van der Waals surface area contributed by atoms with E-state index in [-0.39, 0.29) is 11.5 Å². The quantitative estimate of drug-likeness (QED) is 0.149. The van der Waals surface area contributed by atoms with Gasteiger partial charge in [-0.1, -0.05) is 53.4 Å². The lowest BCUT2D eigenvalue weighted by Crippen LogP contribution is -2.25. The summed E-state index contributed by atoms with van der Waals surface area (Å²) in [5, 5.41) is 20.9. The molecule has 0 heterocycles. The van der Waals surface area contributed by atoms with E-state index in [1.165, 1.54) is 68.8 Å². The van der Waals surface area contributed by atoms with Crippen molar-refractivity contribution in [1.82, 2.24) is 0 Å². The van der Waals surface area contributed by atoms with Crippen molar-refractivity contribution in [3.05, 3.63) is 71.8 Å². The van der Waals surface area contributed by atoms with E-state index in [1.807, 2.05) is 24.3 Å². The third-order valence-electron chi connectivity index (χ3n) is 7.44. The monoisotopic (exact) mass is 570 g/mol. The van der Waals surface area contributed by atoms with Crippen LogP contribution in [0.3, 0.4) is 0 Å². The number of hydrogen-bond donors (Lipinski definition) is 2. The summed E-state index contributed by atoms with van der Waals surface area (Å²) in [6.45, 7) is 13.1. The normalized spacial score (nSPS) is 11.5. The second-order valence-electron chi connectivity index (χ2n) is 10.9. The average molecular weight is 571 g/mol. The largest absolute Gasteiger partial charge is 0.507 e. The molecule has 3 aromatic carbocycles. The lowest BCUT2D eigenvalue weighted by atomic mass is 10.1. The SMILES string of the molecule is CCCCN(CCCC)c1ccc(N=Cc2cc(C=Nc3ccc(N(CCCC)CCCC)cc3)c(O)cc2O)cc1. The van der Waals surface area contributed by atoms with Crippen molar-refractivity contribution >= 4 is 35.2 Å². The molecule has 0 saturated carbocycles. The van der Waals surface area contributed by atoms with Crippen molar-refractivity contribution in [2.45, 2.75) is 79.1 Å². The minimum Gasteiger partial charge on any atom is -0.507 e. The van der Waals surface area contributed by atoms with Crippen molar-refractivity contribution in [1.29, 1.82) is 0 Å². The van der Waals surface area contributed by atoms with Gasteiger partial charge in [-0.15, -0.1) is 0 Å². The average Bonchev–Trinajstić information content (AvgIpc) is 3.01. The first kappa shape index (κ1) is 32.7. The predicted octanol–water partition coefficient (Wildman–Crippen LogP) is 9.41. The third kappa shape index (κ3) is 10.2. The van der Waals surface area contributed by atoms with Crippen LogP contribution in [0.25, 0.3) is 0 Å². The number of nitrogens with zero attached hydrogens (tertiary/aromatic N) is 4. The summed E-state index contributed by atoms with van der Waals surface area (Å²) in [6.07, 6.45) is 12.7. The van der Waals surface area contributed by atoms with E-state index < -0.39 is 0 Å². The van der Waals surface area contributed by atoms with E-state index in [4.69, 9.17) is 0 Å². The molecule has 0 atom stereocenters. The molecule has 2 N–H and O–H groups in total. The minimum absolute atomic E-state index is 0.0288. The highest BCUT2D eigenvalue weighted by Crippen LogP contribution is 2.28. The number of unbranched alkanes of at least 4 members (excludes halogenated alkanes) is 4. The Morgan fingerprint density at radius 2 is 0.857 bits per heavy atom. The summed E-state index contributed by atoms with van der Waals surface area (Å²) in [7, 11) is 0. The minimum atomic E-state index is -0.0288. The highest BCUT2D eigenvalue weighted by molar-refractivity contribution is 5.92. The van der Waals surface area contributed by atoms with Crippen LogP contribution in [0.1, 0.15) is 90.2 Å². The Balaban J connectivity index is 1.71. The molecule has 0 fully saturated rings. The fraction of sp³-hybridized carbons (Fsp3) is 0.444. The van der Waals surface area contributed by atoms with E-state index in [0.717, 1.165) is 37.6 Å². The molecule has 0 aromatic heterocycles. The maximum absolute atomic E-state index is 10.5. The van der Waals surface area contributed by atoms with Crippen molar-refractivity contribution in [2.24, 2.45) is 9.98 Å². The Kier molecular flexibility index (Phi) is 13.9. The molecule has 6 nitrogen and oxygen atoms in total. The van der Waals surface area contributed by atoms with Crippen LogP contribution in [0.15, 0.2) is 70.6 Å². The molecule has 0 aliphatic rings. The Morgan fingerprint density at radius 1 is 0.524 bits per heavy atom. The number of aromatic hydroxyl groups is 2. The van der Waals surface area contributed by atoms with Gasteiger partial charge in [-0.05, 0) is 80.3 Å². The number of benzene rings is 3. The summed E-state index contributed by atoms with van der Waals surface area (Å²) in [4.78, 5) is 14.1. The van der Waals surface area contributed by atoms with Crippen LogP contribution in [-0.2, 0) is 0 Å². The summed E-state index contributed by atoms with van der Waals surface area (Å²) >= 11 is 0. The van der Waals surface area contributed by atoms with Crippen LogP contribution in [-0.4, -0.2) is 48.8 Å². The Labute approximate surface area is 253 Å². The molecule has 0 unspecified atom stereocenters. The Hall–Kier alpha value is -3.80. The zero-order valence-electron chi connectivity index (χ0n) is 26.1. The number of hydrogen-bond acceptors (Lipinski definition) is 6. The highest BCUT2D eigenvalue weighted by Gasteiger charge is 2.09. The number of phenols is 2. The van der Waals surface area contributed by atoms with E-state index >= 15 is 0 Å². The van der Waals surface area contributed by atoms with Gasteiger partial charge in [-0.3, -0.25) is 9.98 Å². The van der Waals surface area contributed by atoms with E-state index in [9.17, 15) is 10.2 Å². The van der Waals surface area contributed by atoms with Crippen LogP contribution in [0.2, 0.25) is 0 Å². The van der Waals surface area contributed by atoms with Gasteiger partial charge < -0.3 is 20.0 Å². The van der Waals surface area contributed by atoms with E-state index in [0.29, 0.717) is 11.1 Å². The van der Waals surface area contributed by atoms with Gasteiger partial charge in [0, 0.05) is 67.2 Å².